The zero-order valence-electron chi connectivity index (χ0n) is 6.92. The van der Waals surface area contributed by atoms with Crippen molar-refractivity contribution in [1.82, 2.24) is 0 Å². The monoisotopic (exact) mass is 168 g/mol. The number of rotatable bonds is 4. The molecule has 0 saturated heterocycles. The summed E-state index contributed by atoms with van der Waals surface area (Å²) >= 11 is 0. The van der Waals surface area contributed by atoms with Crippen molar-refractivity contribution in [2.75, 3.05) is 0 Å². The molecule has 1 N–H and O–H groups in total. The van der Waals surface area contributed by atoms with Gasteiger partial charge in [-0.25, -0.2) is 0 Å². The first-order valence-electron chi connectivity index (χ1n) is 3.82. The van der Waals surface area contributed by atoms with E-state index in [1.807, 2.05) is 20.8 Å². The first-order valence-corrected chi connectivity index (χ1v) is 3.82. The van der Waals surface area contributed by atoms with Gasteiger partial charge in [0.15, 0.2) is 0 Å². The van der Waals surface area contributed by atoms with Gasteiger partial charge in [0.1, 0.15) is 0 Å². The fourth-order valence-corrected chi connectivity index (χ4v) is 1.05. The van der Waals surface area contributed by atoms with Gasteiger partial charge in [0.05, 0.1) is 5.92 Å². The van der Waals surface area contributed by atoms with E-state index in [9.17, 15) is 4.79 Å². The van der Waals surface area contributed by atoms with Gasteiger partial charge in [-0.3, -0.25) is 4.79 Å². The average molecular weight is 168 g/mol. The molecule has 1 unspecified atom stereocenters. The second kappa shape index (κ2) is 7.14. The molecular weight excluding hydrogens is 151 g/mol. The molecule has 0 saturated carbocycles. The number of hydrogen-bond donors (Lipinski definition) is 1. The second-order valence-corrected chi connectivity index (χ2v) is 2.98. The Bertz CT molecular complexity index is 113. The zero-order valence-corrected chi connectivity index (χ0v) is 6.92. The van der Waals surface area contributed by atoms with Crippen LogP contribution in [0.1, 0.15) is 33.6 Å². The van der Waals surface area contributed by atoms with Gasteiger partial charge in [0.2, 0.25) is 0 Å². The molecule has 0 rings (SSSR count). The Morgan fingerprint density at radius 1 is 1.45 bits per heavy atom. The van der Waals surface area contributed by atoms with Crippen LogP contribution < -0.4 is 0 Å². The SMILES string of the molecule is CCCC(C(=O)O)C(C)C.[NaH]. The molecule has 0 bridgehead atoms. The summed E-state index contributed by atoms with van der Waals surface area (Å²) in [7, 11) is 0. The summed E-state index contributed by atoms with van der Waals surface area (Å²) in [5.74, 6) is -0.542. The molecular formula is C8H17NaO2. The van der Waals surface area contributed by atoms with Crippen LogP contribution in [0.2, 0.25) is 0 Å². The van der Waals surface area contributed by atoms with E-state index in [1.54, 1.807) is 0 Å². The first kappa shape index (κ1) is 14.0. The molecule has 1 atom stereocenters. The van der Waals surface area contributed by atoms with E-state index in [4.69, 9.17) is 5.11 Å². The van der Waals surface area contributed by atoms with E-state index in [2.05, 4.69) is 0 Å². The molecule has 0 aromatic carbocycles. The second-order valence-electron chi connectivity index (χ2n) is 2.98. The molecule has 0 aromatic heterocycles. The molecule has 0 aliphatic rings. The molecule has 0 heterocycles. The van der Waals surface area contributed by atoms with Crippen LogP contribution in [0, 0.1) is 11.8 Å². The Morgan fingerprint density at radius 2 is 1.91 bits per heavy atom. The molecule has 0 amide bonds. The maximum absolute atomic E-state index is 10.5. The Labute approximate surface area is 90.7 Å². The van der Waals surface area contributed by atoms with Gasteiger partial charge >= 0.3 is 35.5 Å². The van der Waals surface area contributed by atoms with Crippen LogP contribution in [0.4, 0.5) is 0 Å². The molecule has 0 aliphatic heterocycles. The van der Waals surface area contributed by atoms with E-state index in [-0.39, 0.29) is 41.4 Å². The summed E-state index contributed by atoms with van der Waals surface area (Å²) in [4.78, 5) is 10.5. The molecule has 0 fully saturated rings. The Hall–Kier alpha value is 0.470. The number of aliphatic carboxylic acids is 1. The minimum absolute atomic E-state index is 0. The topological polar surface area (TPSA) is 37.3 Å². The van der Waals surface area contributed by atoms with Gasteiger partial charge in [-0.2, -0.15) is 0 Å². The fraction of sp³-hybridized carbons (Fsp3) is 0.875. The molecule has 0 aromatic rings. The van der Waals surface area contributed by atoms with Crippen LogP contribution in [0.25, 0.3) is 0 Å². The Morgan fingerprint density at radius 3 is 2.00 bits per heavy atom. The molecule has 11 heavy (non-hydrogen) atoms. The molecule has 0 radical (unpaired) electrons. The summed E-state index contributed by atoms with van der Waals surface area (Å²) in [5, 5.41) is 8.67. The molecule has 0 spiro atoms. The van der Waals surface area contributed by atoms with Crippen molar-refractivity contribution in [2.45, 2.75) is 33.6 Å². The Balaban J connectivity index is 0. The summed E-state index contributed by atoms with van der Waals surface area (Å²) in [6.07, 6.45) is 1.75. The van der Waals surface area contributed by atoms with E-state index < -0.39 is 5.97 Å². The van der Waals surface area contributed by atoms with Crippen molar-refractivity contribution in [3.05, 3.63) is 0 Å². The van der Waals surface area contributed by atoms with Gasteiger partial charge in [-0.05, 0) is 12.3 Å². The fourth-order valence-electron chi connectivity index (χ4n) is 1.05. The first-order chi connectivity index (χ1) is 4.59. The van der Waals surface area contributed by atoms with Crippen molar-refractivity contribution in [1.29, 1.82) is 0 Å². The van der Waals surface area contributed by atoms with Gasteiger partial charge < -0.3 is 5.11 Å². The predicted molar refractivity (Wildman–Crippen MR) is 48.0 cm³/mol. The van der Waals surface area contributed by atoms with Crippen LogP contribution in [0.5, 0.6) is 0 Å². The van der Waals surface area contributed by atoms with E-state index in [0.717, 1.165) is 12.8 Å². The van der Waals surface area contributed by atoms with Crippen molar-refractivity contribution in [2.24, 2.45) is 11.8 Å². The van der Waals surface area contributed by atoms with Crippen molar-refractivity contribution < 1.29 is 9.90 Å². The van der Waals surface area contributed by atoms with Crippen molar-refractivity contribution in [3.8, 4) is 0 Å². The summed E-state index contributed by atoms with van der Waals surface area (Å²) in [6, 6.07) is 0. The van der Waals surface area contributed by atoms with Crippen molar-refractivity contribution >= 4 is 35.5 Å². The van der Waals surface area contributed by atoms with Gasteiger partial charge in [0, 0.05) is 0 Å². The normalized spacial score (nSPS) is 12.4. The number of carboxylic acid groups (broad SMARTS) is 1. The average Bonchev–Trinajstić information content (AvgIpc) is 1.81. The standard InChI is InChI=1S/C8H16O2.Na.H/c1-4-5-7(6(2)3)8(9)10;;/h6-7H,4-5H2,1-3H3,(H,9,10);;. The molecule has 3 heteroatoms. The van der Waals surface area contributed by atoms with E-state index in [0.29, 0.717) is 0 Å². The van der Waals surface area contributed by atoms with Crippen LogP contribution in [0.15, 0.2) is 0 Å². The van der Waals surface area contributed by atoms with Crippen LogP contribution in [-0.2, 0) is 4.79 Å². The van der Waals surface area contributed by atoms with E-state index >= 15 is 0 Å². The van der Waals surface area contributed by atoms with Gasteiger partial charge in [0.25, 0.3) is 0 Å². The minimum atomic E-state index is -0.656. The quantitative estimate of drug-likeness (QED) is 0.646. The number of carboxylic acids is 1. The molecule has 62 valence electrons. The third kappa shape index (κ3) is 5.71. The summed E-state index contributed by atoms with van der Waals surface area (Å²) in [5.41, 5.74) is 0. The third-order valence-corrected chi connectivity index (χ3v) is 1.72. The van der Waals surface area contributed by atoms with Crippen LogP contribution in [0.3, 0.4) is 0 Å². The van der Waals surface area contributed by atoms with Gasteiger partial charge in [-0.1, -0.05) is 27.2 Å². The molecule has 0 aliphatic carbocycles. The Kier molecular flexibility index (Phi) is 9.10. The number of carbonyl (C=O) groups is 1. The van der Waals surface area contributed by atoms with E-state index in [1.165, 1.54) is 0 Å². The number of hydrogen-bond acceptors (Lipinski definition) is 1. The third-order valence-electron chi connectivity index (χ3n) is 1.72. The van der Waals surface area contributed by atoms with Crippen LogP contribution in [-0.4, -0.2) is 40.6 Å². The summed E-state index contributed by atoms with van der Waals surface area (Å²) in [6.45, 7) is 5.92. The van der Waals surface area contributed by atoms with Crippen LogP contribution >= 0.6 is 0 Å². The predicted octanol–water partition coefficient (Wildman–Crippen LogP) is 1.49. The zero-order chi connectivity index (χ0) is 8.15. The van der Waals surface area contributed by atoms with Gasteiger partial charge in [-0.15, -0.1) is 0 Å². The molecule has 2 nitrogen and oxygen atoms in total. The maximum atomic E-state index is 10.5. The van der Waals surface area contributed by atoms with Crippen molar-refractivity contribution in [3.63, 3.8) is 0 Å². The summed E-state index contributed by atoms with van der Waals surface area (Å²) < 4.78 is 0.